The summed E-state index contributed by atoms with van der Waals surface area (Å²) in [6.45, 7) is 4.77. The van der Waals surface area contributed by atoms with Crippen molar-refractivity contribution >= 4 is 23.2 Å². The van der Waals surface area contributed by atoms with E-state index in [1.807, 2.05) is 31.3 Å². The van der Waals surface area contributed by atoms with E-state index in [9.17, 15) is 9.59 Å². The fourth-order valence-electron chi connectivity index (χ4n) is 3.66. The molecule has 0 atom stereocenters. The predicted molar refractivity (Wildman–Crippen MR) is 116 cm³/mol. The molecule has 0 bridgehead atoms. The summed E-state index contributed by atoms with van der Waals surface area (Å²) in [6.07, 6.45) is 7.09. The lowest BCUT2D eigenvalue weighted by Crippen LogP contribution is -2.35. The van der Waals surface area contributed by atoms with E-state index in [2.05, 4.69) is 22.0 Å². The molecule has 2 aromatic rings. The van der Waals surface area contributed by atoms with Crippen LogP contribution in [0.25, 0.3) is 0 Å². The van der Waals surface area contributed by atoms with Crippen LogP contribution in [-0.2, 0) is 16.0 Å². The zero-order valence-electron chi connectivity index (χ0n) is 17.4. The van der Waals surface area contributed by atoms with Gasteiger partial charge < -0.3 is 14.7 Å². The second-order valence-electron chi connectivity index (χ2n) is 7.55. The lowest BCUT2D eigenvalue weighted by molar-refractivity contribution is -0.129. The van der Waals surface area contributed by atoms with E-state index in [4.69, 9.17) is 0 Å². The topological polar surface area (TPSA) is 56.8 Å². The molecule has 6 nitrogen and oxygen atoms in total. The van der Waals surface area contributed by atoms with Crippen molar-refractivity contribution in [2.45, 2.75) is 32.6 Å². The zero-order valence-corrected chi connectivity index (χ0v) is 17.4. The van der Waals surface area contributed by atoms with Gasteiger partial charge in [0, 0.05) is 70.3 Å². The lowest BCUT2D eigenvalue weighted by Gasteiger charge is -2.24. The monoisotopic (exact) mass is 394 g/mol. The summed E-state index contributed by atoms with van der Waals surface area (Å²) in [4.78, 5) is 34.5. The number of pyridine rings is 1. The van der Waals surface area contributed by atoms with Crippen LogP contribution in [-0.4, -0.2) is 54.9 Å². The Morgan fingerprint density at radius 2 is 1.66 bits per heavy atom. The number of hydrogen-bond acceptors (Lipinski definition) is 4. The van der Waals surface area contributed by atoms with Crippen LogP contribution in [0.3, 0.4) is 0 Å². The second kappa shape index (κ2) is 10.0. The van der Waals surface area contributed by atoms with E-state index < -0.39 is 0 Å². The maximum Gasteiger partial charge on any atom is 0.224 e. The summed E-state index contributed by atoms with van der Waals surface area (Å²) < 4.78 is 0. The van der Waals surface area contributed by atoms with Crippen LogP contribution in [0.5, 0.6) is 0 Å². The van der Waals surface area contributed by atoms with E-state index in [1.165, 1.54) is 18.5 Å². The fourth-order valence-corrected chi connectivity index (χ4v) is 3.66. The van der Waals surface area contributed by atoms with Crippen LogP contribution in [0, 0.1) is 0 Å². The van der Waals surface area contributed by atoms with Crippen molar-refractivity contribution < 1.29 is 9.59 Å². The smallest absolute Gasteiger partial charge is 0.224 e. The Labute approximate surface area is 173 Å². The van der Waals surface area contributed by atoms with Crippen LogP contribution >= 0.6 is 0 Å². The summed E-state index contributed by atoms with van der Waals surface area (Å²) >= 11 is 0. The van der Waals surface area contributed by atoms with Gasteiger partial charge in [0.05, 0.1) is 0 Å². The van der Waals surface area contributed by atoms with Gasteiger partial charge in [0.25, 0.3) is 0 Å². The van der Waals surface area contributed by atoms with E-state index >= 15 is 0 Å². The predicted octanol–water partition coefficient (Wildman–Crippen LogP) is 3.13. The minimum atomic E-state index is -0.0499. The number of carbonyl (C=O) groups excluding carboxylic acids is 2. The van der Waals surface area contributed by atoms with Crippen molar-refractivity contribution in [1.82, 2.24) is 9.88 Å². The first-order valence-electron chi connectivity index (χ1n) is 10.3. The Morgan fingerprint density at radius 1 is 1.00 bits per heavy atom. The van der Waals surface area contributed by atoms with Crippen LogP contribution < -0.4 is 9.80 Å². The van der Waals surface area contributed by atoms with E-state index in [1.54, 1.807) is 29.1 Å². The number of amides is 2. The molecule has 6 heteroatoms. The quantitative estimate of drug-likeness (QED) is 0.690. The van der Waals surface area contributed by atoms with E-state index in [0.717, 1.165) is 30.8 Å². The van der Waals surface area contributed by atoms with Crippen molar-refractivity contribution in [3.05, 3.63) is 54.4 Å². The van der Waals surface area contributed by atoms with E-state index in [-0.39, 0.29) is 11.8 Å². The van der Waals surface area contributed by atoms with Crippen LogP contribution in [0.15, 0.2) is 48.8 Å². The van der Waals surface area contributed by atoms with Crippen molar-refractivity contribution in [3.8, 4) is 0 Å². The van der Waals surface area contributed by atoms with Gasteiger partial charge in [-0.1, -0.05) is 0 Å². The number of carbonyl (C=O) groups is 2. The average Bonchev–Trinajstić information content (AvgIpc) is 3.28. The van der Waals surface area contributed by atoms with Gasteiger partial charge in [0.1, 0.15) is 0 Å². The first-order chi connectivity index (χ1) is 14.0. The molecule has 0 radical (unpaired) electrons. The van der Waals surface area contributed by atoms with Gasteiger partial charge in [-0.05, 0) is 61.2 Å². The summed E-state index contributed by atoms with van der Waals surface area (Å²) in [5.41, 5.74) is 3.19. The lowest BCUT2D eigenvalue weighted by atomic mass is 10.2. The molecule has 2 heterocycles. The molecule has 1 fully saturated rings. The number of benzene rings is 1. The molecule has 2 amide bonds. The molecule has 0 aliphatic carbocycles. The summed E-state index contributed by atoms with van der Waals surface area (Å²) in [7, 11) is 1.81. The molecule has 154 valence electrons. The van der Waals surface area contributed by atoms with Crippen molar-refractivity contribution in [2.24, 2.45) is 0 Å². The Hall–Kier alpha value is -2.89. The third kappa shape index (κ3) is 5.79. The Bertz CT molecular complexity index is 801. The maximum atomic E-state index is 12.5. The number of aromatic nitrogens is 1. The fraction of sp³-hybridized carbons (Fsp3) is 0.435. The minimum Gasteiger partial charge on any atom is -0.372 e. The highest BCUT2D eigenvalue weighted by atomic mass is 16.2. The van der Waals surface area contributed by atoms with Crippen LogP contribution in [0.1, 0.15) is 31.7 Å². The van der Waals surface area contributed by atoms with Gasteiger partial charge in [-0.25, -0.2) is 0 Å². The molecule has 0 spiro atoms. The van der Waals surface area contributed by atoms with Crippen LogP contribution in [0.2, 0.25) is 0 Å². The molecular weight excluding hydrogens is 364 g/mol. The first kappa shape index (κ1) is 20.8. The Morgan fingerprint density at radius 3 is 2.28 bits per heavy atom. The highest BCUT2D eigenvalue weighted by Crippen LogP contribution is 2.24. The van der Waals surface area contributed by atoms with Crippen molar-refractivity contribution in [2.75, 3.05) is 43.0 Å². The Kier molecular flexibility index (Phi) is 7.22. The molecular formula is C23H30N4O2. The zero-order chi connectivity index (χ0) is 20.6. The molecule has 0 unspecified atom stereocenters. The molecule has 1 aromatic heterocycles. The number of likely N-dealkylation sites (N-methyl/N-ethyl adjacent to an activating group) is 1. The Balaban J connectivity index is 1.53. The number of nitrogens with zero attached hydrogens (tertiary/aromatic N) is 4. The molecule has 1 aromatic carbocycles. The highest BCUT2D eigenvalue weighted by molar-refractivity contribution is 5.92. The van der Waals surface area contributed by atoms with Crippen molar-refractivity contribution in [3.63, 3.8) is 0 Å². The van der Waals surface area contributed by atoms with Gasteiger partial charge in [0.2, 0.25) is 11.8 Å². The van der Waals surface area contributed by atoms with Crippen molar-refractivity contribution in [1.29, 1.82) is 0 Å². The number of anilines is 2. The van der Waals surface area contributed by atoms with Gasteiger partial charge in [-0.15, -0.1) is 0 Å². The van der Waals surface area contributed by atoms with Gasteiger partial charge in [0.15, 0.2) is 0 Å². The van der Waals surface area contributed by atoms with Gasteiger partial charge in [-0.3, -0.25) is 14.6 Å². The standard InChI is InChI=1S/C23H30N4O2/c1-19(28)27(22-7-5-21(6-8-22)26-15-3-4-16-26)18-12-23(29)25(2)17-11-20-9-13-24-14-10-20/h5-10,13-14H,3-4,11-12,15-18H2,1-2H3. The SMILES string of the molecule is CC(=O)N(CCC(=O)N(C)CCc1ccncc1)c1ccc(N2CCCC2)cc1. The largest absolute Gasteiger partial charge is 0.372 e. The van der Waals surface area contributed by atoms with Gasteiger partial charge in [-0.2, -0.15) is 0 Å². The molecule has 1 aliphatic rings. The summed E-state index contributed by atoms with van der Waals surface area (Å²) in [6, 6.07) is 12.0. The normalized spacial score (nSPS) is 13.4. The highest BCUT2D eigenvalue weighted by Gasteiger charge is 2.17. The van der Waals surface area contributed by atoms with Gasteiger partial charge >= 0.3 is 0 Å². The molecule has 0 saturated carbocycles. The number of rotatable bonds is 8. The third-order valence-electron chi connectivity index (χ3n) is 5.47. The van der Waals surface area contributed by atoms with E-state index in [0.29, 0.717) is 19.5 Å². The first-order valence-corrected chi connectivity index (χ1v) is 10.3. The molecule has 1 aliphatic heterocycles. The maximum absolute atomic E-state index is 12.5. The molecule has 0 N–H and O–H groups in total. The third-order valence-corrected chi connectivity index (χ3v) is 5.47. The summed E-state index contributed by atoms with van der Waals surface area (Å²) in [5, 5.41) is 0. The van der Waals surface area contributed by atoms with Crippen LogP contribution in [0.4, 0.5) is 11.4 Å². The molecule has 29 heavy (non-hydrogen) atoms. The molecule has 1 saturated heterocycles. The minimum absolute atomic E-state index is 0.0407. The number of hydrogen-bond donors (Lipinski definition) is 0. The summed E-state index contributed by atoms with van der Waals surface area (Å²) in [5.74, 6) is -0.00912. The average molecular weight is 395 g/mol. The second-order valence-corrected chi connectivity index (χ2v) is 7.55. The molecule has 3 rings (SSSR count).